The molecule has 7 heteroatoms. The number of benzene rings is 1. The second kappa shape index (κ2) is 7.83. The lowest BCUT2D eigenvalue weighted by Crippen LogP contribution is -2.30. The van der Waals surface area contributed by atoms with E-state index in [0.717, 1.165) is 0 Å². The highest BCUT2D eigenvalue weighted by molar-refractivity contribution is 5.99. The van der Waals surface area contributed by atoms with Gasteiger partial charge in [0.25, 0.3) is 11.8 Å². The Hall–Kier alpha value is -2.83. The van der Waals surface area contributed by atoms with Crippen LogP contribution in [-0.4, -0.2) is 29.9 Å². The molecule has 0 radical (unpaired) electrons. The molecule has 3 N–H and O–H groups in total. The number of rotatable bonds is 6. The molecule has 1 heterocycles. The van der Waals surface area contributed by atoms with Crippen molar-refractivity contribution in [2.24, 2.45) is 0 Å². The van der Waals surface area contributed by atoms with E-state index in [1.165, 1.54) is 19.2 Å². The van der Waals surface area contributed by atoms with Crippen LogP contribution in [0.25, 0.3) is 0 Å². The van der Waals surface area contributed by atoms with Gasteiger partial charge >= 0.3 is 0 Å². The zero-order valence-electron chi connectivity index (χ0n) is 14.6. The predicted molar refractivity (Wildman–Crippen MR) is 92.2 cm³/mol. The van der Waals surface area contributed by atoms with Gasteiger partial charge in [0, 0.05) is 24.7 Å². The molecule has 0 bridgehead atoms. The first-order chi connectivity index (χ1) is 11.8. The van der Waals surface area contributed by atoms with Crippen molar-refractivity contribution >= 4 is 11.8 Å². The first kappa shape index (κ1) is 18.5. The second-order valence-electron chi connectivity index (χ2n) is 5.91. The van der Waals surface area contributed by atoms with Crippen molar-refractivity contribution in [3.8, 4) is 5.75 Å². The summed E-state index contributed by atoms with van der Waals surface area (Å²) in [5.41, 5.74) is 0.669. The van der Waals surface area contributed by atoms with E-state index < -0.39 is 17.8 Å². The van der Waals surface area contributed by atoms with Crippen LogP contribution in [0, 0.1) is 5.82 Å². The van der Waals surface area contributed by atoms with E-state index in [4.69, 9.17) is 4.74 Å². The van der Waals surface area contributed by atoms with Crippen LogP contribution in [-0.2, 0) is 0 Å². The number of aromatic amines is 1. The number of nitrogens with one attached hydrogen (secondary N) is 3. The fraction of sp³-hybridized carbons (Fsp3) is 0.333. The van der Waals surface area contributed by atoms with Gasteiger partial charge in [-0.1, -0.05) is 18.2 Å². The van der Waals surface area contributed by atoms with Crippen molar-refractivity contribution in [3.05, 3.63) is 53.1 Å². The summed E-state index contributed by atoms with van der Waals surface area (Å²) in [5, 5.41) is 5.22. The number of aromatic nitrogens is 1. The summed E-state index contributed by atoms with van der Waals surface area (Å²) in [5.74, 6) is -0.998. The quantitative estimate of drug-likeness (QED) is 0.751. The maximum absolute atomic E-state index is 13.9. The maximum Gasteiger partial charge on any atom is 0.271 e. The number of halogens is 1. The number of H-pyrrole nitrogens is 1. The van der Waals surface area contributed by atoms with Crippen molar-refractivity contribution in [2.45, 2.75) is 32.9 Å². The third-order valence-corrected chi connectivity index (χ3v) is 3.55. The highest BCUT2D eigenvalue weighted by atomic mass is 19.1. The van der Waals surface area contributed by atoms with Crippen LogP contribution in [0.5, 0.6) is 5.75 Å². The van der Waals surface area contributed by atoms with Crippen LogP contribution in [0.1, 0.15) is 53.4 Å². The lowest BCUT2D eigenvalue weighted by Gasteiger charge is -2.15. The molecule has 0 aliphatic heterocycles. The van der Waals surface area contributed by atoms with Crippen LogP contribution in [0.2, 0.25) is 0 Å². The van der Waals surface area contributed by atoms with E-state index in [-0.39, 0.29) is 29.1 Å². The molecule has 1 atom stereocenters. The van der Waals surface area contributed by atoms with Crippen molar-refractivity contribution in [2.75, 3.05) is 7.05 Å². The molecule has 1 aromatic carbocycles. The summed E-state index contributed by atoms with van der Waals surface area (Å²) >= 11 is 0. The van der Waals surface area contributed by atoms with Crippen LogP contribution in [0.3, 0.4) is 0 Å². The number of carbonyl (C=O) groups is 2. The summed E-state index contributed by atoms with van der Waals surface area (Å²) < 4.78 is 19.7. The minimum Gasteiger partial charge on any atom is -0.483 e. The highest BCUT2D eigenvalue weighted by Gasteiger charge is 2.22. The summed E-state index contributed by atoms with van der Waals surface area (Å²) in [6.07, 6.45) is -0.638. The zero-order valence-corrected chi connectivity index (χ0v) is 14.6. The molecule has 0 spiro atoms. The molecule has 0 saturated carbocycles. The molecule has 0 aliphatic carbocycles. The van der Waals surface area contributed by atoms with E-state index in [0.29, 0.717) is 5.56 Å². The molecule has 0 fully saturated rings. The van der Waals surface area contributed by atoms with Crippen molar-refractivity contribution in [1.29, 1.82) is 0 Å². The lowest BCUT2D eigenvalue weighted by molar-refractivity contribution is 0.0938. The largest absolute Gasteiger partial charge is 0.483 e. The minimum absolute atomic E-state index is 0.0547. The molecule has 0 aliphatic rings. The van der Waals surface area contributed by atoms with Crippen molar-refractivity contribution in [3.63, 3.8) is 0 Å². The van der Waals surface area contributed by atoms with Gasteiger partial charge in [0.05, 0.1) is 0 Å². The second-order valence-corrected chi connectivity index (χ2v) is 5.91. The monoisotopic (exact) mass is 347 g/mol. The Morgan fingerprint density at radius 1 is 1.16 bits per heavy atom. The van der Waals surface area contributed by atoms with Gasteiger partial charge < -0.3 is 20.4 Å². The van der Waals surface area contributed by atoms with Crippen molar-refractivity contribution in [1.82, 2.24) is 15.6 Å². The van der Waals surface area contributed by atoms with E-state index in [1.54, 1.807) is 25.1 Å². The number of hydrogen-bond acceptors (Lipinski definition) is 3. The fourth-order valence-corrected chi connectivity index (χ4v) is 2.34. The molecule has 0 saturated heterocycles. The van der Waals surface area contributed by atoms with Gasteiger partial charge in [0.1, 0.15) is 23.3 Å². The fourth-order valence-electron chi connectivity index (χ4n) is 2.34. The van der Waals surface area contributed by atoms with E-state index in [9.17, 15) is 14.0 Å². The molecule has 1 unspecified atom stereocenters. The van der Waals surface area contributed by atoms with Gasteiger partial charge in [0.15, 0.2) is 5.75 Å². The van der Waals surface area contributed by atoms with Gasteiger partial charge in [-0.3, -0.25) is 9.59 Å². The molecule has 1 aromatic heterocycles. The molecule has 2 rings (SSSR count). The maximum atomic E-state index is 13.9. The van der Waals surface area contributed by atoms with Crippen LogP contribution < -0.4 is 15.4 Å². The van der Waals surface area contributed by atoms with Gasteiger partial charge in [-0.15, -0.1) is 0 Å². The topological polar surface area (TPSA) is 83.2 Å². The molecular weight excluding hydrogens is 325 g/mol. The molecule has 134 valence electrons. The van der Waals surface area contributed by atoms with Crippen LogP contribution in [0.4, 0.5) is 4.39 Å². The van der Waals surface area contributed by atoms with Gasteiger partial charge in [-0.2, -0.15) is 0 Å². The number of amides is 2. The van der Waals surface area contributed by atoms with E-state index in [2.05, 4.69) is 15.6 Å². The molecule has 25 heavy (non-hydrogen) atoms. The third kappa shape index (κ3) is 4.37. The first-order valence-electron chi connectivity index (χ1n) is 8.00. The minimum atomic E-state index is -0.638. The predicted octanol–water partition coefficient (Wildman–Crippen LogP) is 2.79. The average molecular weight is 347 g/mol. The molecule has 2 aromatic rings. The van der Waals surface area contributed by atoms with Gasteiger partial charge in [0.2, 0.25) is 0 Å². The van der Waals surface area contributed by atoms with Crippen LogP contribution >= 0.6 is 0 Å². The number of ether oxygens (including phenoxy) is 1. The molecular formula is C18H22FN3O3. The number of hydrogen-bond donors (Lipinski definition) is 3. The van der Waals surface area contributed by atoms with Crippen LogP contribution in [0.15, 0.2) is 30.3 Å². The Balaban J connectivity index is 2.32. The summed E-state index contributed by atoms with van der Waals surface area (Å²) in [6.45, 7) is 5.34. The molecule has 2 amide bonds. The Morgan fingerprint density at radius 2 is 1.84 bits per heavy atom. The Bertz CT molecular complexity index is 771. The highest BCUT2D eigenvalue weighted by Crippen LogP contribution is 2.27. The summed E-state index contributed by atoms with van der Waals surface area (Å²) in [7, 11) is 1.47. The Labute approximate surface area is 145 Å². The SMILES string of the molecule is CNC(=O)c1[nH]c(C(=O)NC(C)C)cc1OC(C)c1ccccc1F. The molecule has 6 nitrogen and oxygen atoms in total. The average Bonchev–Trinajstić information content (AvgIpc) is 2.97. The van der Waals surface area contributed by atoms with E-state index >= 15 is 0 Å². The standard InChI is InChI=1S/C18H22FN3O3/c1-10(2)21-17(23)14-9-15(16(22-14)18(24)20-4)25-11(3)12-7-5-6-8-13(12)19/h5-11,22H,1-4H3,(H,20,24)(H,21,23). The third-order valence-electron chi connectivity index (χ3n) is 3.55. The first-order valence-corrected chi connectivity index (χ1v) is 8.00. The van der Waals surface area contributed by atoms with E-state index in [1.807, 2.05) is 13.8 Å². The van der Waals surface area contributed by atoms with Gasteiger partial charge in [-0.05, 0) is 26.8 Å². The zero-order chi connectivity index (χ0) is 18.6. The summed E-state index contributed by atoms with van der Waals surface area (Å²) in [6, 6.07) is 7.63. The number of carbonyl (C=O) groups excluding carboxylic acids is 2. The lowest BCUT2D eigenvalue weighted by atomic mass is 10.1. The Kier molecular flexibility index (Phi) is 5.80. The smallest absolute Gasteiger partial charge is 0.271 e. The summed E-state index contributed by atoms with van der Waals surface area (Å²) in [4.78, 5) is 27.0. The van der Waals surface area contributed by atoms with Crippen molar-refractivity contribution < 1.29 is 18.7 Å². The van der Waals surface area contributed by atoms with Gasteiger partial charge in [-0.25, -0.2) is 4.39 Å². The normalized spacial score (nSPS) is 11.9. The Morgan fingerprint density at radius 3 is 2.44 bits per heavy atom.